The van der Waals surface area contributed by atoms with Crippen LogP contribution in [0.1, 0.15) is 49.9 Å². The number of sulfonamides is 1. The number of nitrogens with zero attached hydrogens (tertiary/aromatic N) is 3. The van der Waals surface area contributed by atoms with Crippen LogP contribution in [-0.2, 0) is 14.8 Å². The Kier molecular flexibility index (Phi) is 3.09. The molecule has 0 aromatic carbocycles. The van der Waals surface area contributed by atoms with Crippen molar-refractivity contribution in [3.63, 3.8) is 0 Å². The summed E-state index contributed by atoms with van der Waals surface area (Å²) in [5, 5.41) is 3.64. The molecular weight excluding hydrogens is 294 g/mol. The molecule has 0 unspecified atom stereocenters. The van der Waals surface area contributed by atoms with E-state index >= 15 is 0 Å². The van der Waals surface area contributed by atoms with Crippen molar-refractivity contribution in [3.05, 3.63) is 11.7 Å². The van der Waals surface area contributed by atoms with E-state index in [4.69, 9.17) is 9.26 Å². The van der Waals surface area contributed by atoms with Crippen LogP contribution >= 0.6 is 0 Å². The van der Waals surface area contributed by atoms with Crippen molar-refractivity contribution in [1.29, 1.82) is 0 Å². The van der Waals surface area contributed by atoms with Crippen LogP contribution < -0.4 is 0 Å². The molecule has 2 saturated heterocycles. The van der Waals surface area contributed by atoms with Crippen molar-refractivity contribution in [2.75, 3.05) is 6.54 Å². The zero-order valence-electron chi connectivity index (χ0n) is 11.9. The second-order valence-corrected chi connectivity index (χ2v) is 8.30. The quantitative estimate of drug-likeness (QED) is 0.832. The average Bonchev–Trinajstić information content (AvgIpc) is 3.10. The van der Waals surface area contributed by atoms with E-state index in [1.54, 1.807) is 11.2 Å². The summed E-state index contributed by atoms with van der Waals surface area (Å²) in [6.07, 6.45) is 3.63. The van der Waals surface area contributed by atoms with Gasteiger partial charge in [0.25, 0.3) is 5.89 Å². The molecule has 1 aromatic rings. The first-order chi connectivity index (χ1) is 10.1. The van der Waals surface area contributed by atoms with Crippen LogP contribution in [0.15, 0.2) is 4.52 Å². The molecule has 4 rings (SSSR count). The lowest BCUT2D eigenvalue weighted by molar-refractivity contribution is -0.0753. The van der Waals surface area contributed by atoms with Crippen LogP contribution in [-0.4, -0.2) is 46.8 Å². The van der Waals surface area contributed by atoms with E-state index in [9.17, 15) is 8.42 Å². The van der Waals surface area contributed by atoms with Crippen LogP contribution in [0, 0.1) is 6.92 Å². The summed E-state index contributed by atoms with van der Waals surface area (Å²) >= 11 is 0. The number of hydrogen-bond donors (Lipinski definition) is 0. The maximum Gasteiger partial charge on any atom is 0.255 e. The molecule has 1 aromatic heterocycles. The zero-order valence-corrected chi connectivity index (χ0v) is 12.8. The lowest BCUT2D eigenvalue weighted by atomic mass is 10.00. The molecule has 3 fully saturated rings. The minimum Gasteiger partial charge on any atom is -0.363 e. The van der Waals surface area contributed by atoms with E-state index in [1.807, 2.05) is 0 Å². The second kappa shape index (κ2) is 4.76. The largest absolute Gasteiger partial charge is 0.363 e. The number of fused-ring (bicyclic) bond motifs is 1. The highest BCUT2D eigenvalue weighted by Crippen LogP contribution is 2.41. The summed E-state index contributed by atoms with van der Waals surface area (Å²) in [5.74, 6) is 1.11. The SMILES string of the molecule is Cc1noc([C@@H]2CC[C@@H]3[C@@H](CCN3S(=O)(=O)C3CC3)O2)n1. The van der Waals surface area contributed by atoms with Gasteiger partial charge in [-0.3, -0.25) is 0 Å². The average molecular weight is 313 g/mol. The molecule has 0 N–H and O–H groups in total. The molecule has 8 heteroatoms. The van der Waals surface area contributed by atoms with Gasteiger partial charge in [-0.05, 0) is 39.0 Å². The van der Waals surface area contributed by atoms with Gasteiger partial charge in [0.2, 0.25) is 10.0 Å². The lowest BCUT2D eigenvalue weighted by Gasteiger charge is -2.34. The standard InChI is InChI=1S/C13H19N3O4S/c1-8-14-13(20-15-8)12-5-4-10-11(19-12)6-7-16(10)21(17,18)9-2-3-9/h9-12H,2-7H2,1H3/t10-,11-,12+/m1/s1. The Bertz CT molecular complexity index is 640. The predicted molar refractivity (Wildman–Crippen MR) is 72.9 cm³/mol. The summed E-state index contributed by atoms with van der Waals surface area (Å²) in [6, 6.07) is -0.0177. The lowest BCUT2D eigenvalue weighted by Crippen LogP contribution is -2.44. The number of aryl methyl sites for hydroxylation is 1. The van der Waals surface area contributed by atoms with E-state index in [2.05, 4.69) is 10.1 Å². The van der Waals surface area contributed by atoms with Gasteiger partial charge in [0.15, 0.2) is 5.82 Å². The Hall–Kier alpha value is -0.990. The van der Waals surface area contributed by atoms with E-state index in [-0.39, 0.29) is 23.5 Å². The van der Waals surface area contributed by atoms with Gasteiger partial charge in [0.05, 0.1) is 17.4 Å². The molecule has 0 amide bonds. The summed E-state index contributed by atoms with van der Waals surface area (Å²) in [7, 11) is -3.11. The van der Waals surface area contributed by atoms with Gasteiger partial charge >= 0.3 is 0 Å². The monoisotopic (exact) mass is 313 g/mol. The van der Waals surface area contributed by atoms with Gasteiger partial charge in [0.1, 0.15) is 6.10 Å². The molecule has 0 radical (unpaired) electrons. The molecular formula is C13H19N3O4S. The fraction of sp³-hybridized carbons (Fsp3) is 0.846. The Morgan fingerprint density at radius 3 is 2.67 bits per heavy atom. The Morgan fingerprint density at radius 2 is 2.00 bits per heavy atom. The summed E-state index contributed by atoms with van der Waals surface area (Å²) in [4.78, 5) is 4.22. The van der Waals surface area contributed by atoms with Crippen LogP contribution in [0.2, 0.25) is 0 Å². The first-order valence-electron chi connectivity index (χ1n) is 7.52. The van der Waals surface area contributed by atoms with Crippen molar-refractivity contribution in [3.8, 4) is 0 Å². The van der Waals surface area contributed by atoms with E-state index < -0.39 is 10.0 Å². The van der Waals surface area contributed by atoms with Gasteiger partial charge in [-0.15, -0.1) is 0 Å². The van der Waals surface area contributed by atoms with Gasteiger partial charge in [-0.2, -0.15) is 9.29 Å². The third kappa shape index (κ3) is 2.29. The minimum atomic E-state index is -3.11. The highest BCUT2D eigenvalue weighted by Gasteiger charge is 2.50. The topological polar surface area (TPSA) is 85.5 Å². The summed E-state index contributed by atoms with van der Waals surface area (Å²) < 4.78 is 37.8. The van der Waals surface area contributed by atoms with E-state index in [0.717, 1.165) is 32.1 Å². The van der Waals surface area contributed by atoms with Crippen molar-refractivity contribution in [2.24, 2.45) is 0 Å². The van der Waals surface area contributed by atoms with E-state index in [1.165, 1.54) is 0 Å². The van der Waals surface area contributed by atoms with Gasteiger partial charge in [-0.1, -0.05) is 5.16 Å². The third-order valence-corrected chi connectivity index (χ3v) is 7.01. The third-order valence-electron chi connectivity index (χ3n) is 4.59. The molecule has 21 heavy (non-hydrogen) atoms. The zero-order chi connectivity index (χ0) is 14.6. The first kappa shape index (κ1) is 13.7. The first-order valence-corrected chi connectivity index (χ1v) is 9.02. The normalized spacial score (nSPS) is 34.0. The molecule has 3 aliphatic rings. The minimum absolute atomic E-state index is 0.0177. The Balaban J connectivity index is 1.49. The molecule has 1 saturated carbocycles. The number of aromatic nitrogens is 2. The van der Waals surface area contributed by atoms with Gasteiger partial charge in [0, 0.05) is 6.54 Å². The molecule has 1 aliphatic carbocycles. The highest BCUT2D eigenvalue weighted by atomic mass is 32.2. The van der Waals surface area contributed by atoms with Crippen LogP contribution in [0.5, 0.6) is 0 Å². The fourth-order valence-electron chi connectivity index (χ4n) is 3.39. The van der Waals surface area contributed by atoms with Crippen molar-refractivity contribution in [2.45, 2.75) is 62.5 Å². The molecule has 116 valence electrons. The van der Waals surface area contributed by atoms with Crippen molar-refractivity contribution in [1.82, 2.24) is 14.4 Å². The second-order valence-electron chi connectivity index (χ2n) is 6.13. The Morgan fingerprint density at radius 1 is 1.19 bits per heavy atom. The van der Waals surface area contributed by atoms with E-state index in [0.29, 0.717) is 18.3 Å². The molecule has 2 aliphatic heterocycles. The molecule has 3 atom stereocenters. The highest BCUT2D eigenvalue weighted by molar-refractivity contribution is 7.90. The molecule has 7 nitrogen and oxygen atoms in total. The number of ether oxygens (including phenoxy) is 1. The number of rotatable bonds is 3. The number of hydrogen-bond acceptors (Lipinski definition) is 6. The summed E-state index contributed by atoms with van der Waals surface area (Å²) in [5.41, 5.74) is 0. The molecule has 3 heterocycles. The maximum absolute atomic E-state index is 12.4. The van der Waals surface area contributed by atoms with Crippen LogP contribution in [0.3, 0.4) is 0 Å². The van der Waals surface area contributed by atoms with Crippen LogP contribution in [0.25, 0.3) is 0 Å². The molecule has 0 bridgehead atoms. The molecule has 0 spiro atoms. The van der Waals surface area contributed by atoms with Gasteiger partial charge < -0.3 is 9.26 Å². The van der Waals surface area contributed by atoms with Gasteiger partial charge in [-0.25, -0.2) is 8.42 Å². The Labute approximate surface area is 123 Å². The maximum atomic E-state index is 12.4. The predicted octanol–water partition coefficient (Wildman–Crippen LogP) is 1.16. The fourth-order valence-corrected chi connectivity index (χ4v) is 5.48. The van der Waals surface area contributed by atoms with Crippen molar-refractivity contribution < 1.29 is 17.7 Å². The van der Waals surface area contributed by atoms with Crippen molar-refractivity contribution >= 4 is 10.0 Å². The summed E-state index contributed by atoms with van der Waals surface area (Å²) in [6.45, 7) is 2.35. The van der Waals surface area contributed by atoms with Crippen LogP contribution in [0.4, 0.5) is 0 Å². The smallest absolute Gasteiger partial charge is 0.255 e.